The van der Waals surface area contributed by atoms with Gasteiger partial charge in [-0.15, -0.1) is 0 Å². The first-order valence-corrected chi connectivity index (χ1v) is 6.51. The Morgan fingerprint density at radius 1 is 1.26 bits per heavy atom. The molecule has 0 N–H and O–H groups in total. The first kappa shape index (κ1) is 12.0. The molecule has 2 aromatic rings. The third-order valence-electron chi connectivity index (χ3n) is 3.66. The monoisotopic (exact) mass is 259 g/mol. The lowest BCUT2D eigenvalue weighted by atomic mass is 10.1. The normalized spacial score (nSPS) is 16.8. The Labute approximate surface area is 111 Å². The fraction of sp³-hybridized carbons (Fsp3) is 0.462. The number of piperidine rings is 1. The van der Waals surface area contributed by atoms with Crippen LogP contribution < -0.4 is 0 Å². The van der Waals surface area contributed by atoms with Gasteiger partial charge in [-0.2, -0.15) is 5.10 Å². The molecule has 3 heterocycles. The van der Waals surface area contributed by atoms with E-state index in [9.17, 15) is 4.79 Å². The van der Waals surface area contributed by atoms with Gasteiger partial charge in [0, 0.05) is 44.9 Å². The molecule has 1 aliphatic rings. The van der Waals surface area contributed by atoms with Crippen molar-refractivity contribution in [2.24, 2.45) is 7.05 Å². The standard InChI is InChI=1S/C13H17N5O/c1-16-10-6-14-12(16)13(19)17-8-3-11(4-9-17)18-7-2-5-15-18/h2,5-7,10-11H,3-4,8-9H2,1H3. The van der Waals surface area contributed by atoms with Crippen molar-refractivity contribution in [3.05, 3.63) is 36.7 Å². The lowest BCUT2D eigenvalue weighted by Gasteiger charge is -2.31. The quantitative estimate of drug-likeness (QED) is 0.811. The first-order chi connectivity index (χ1) is 9.25. The molecule has 2 aromatic heterocycles. The lowest BCUT2D eigenvalue weighted by Crippen LogP contribution is -2.40. The molecule has 0 spiro atoms. The van der Waals surface area contributed by atoms with E-state index in [-0.39, 0.29) is 5.91 Å². The van der Waals surface area contributed by atoms with Crippen molar-refractivity contribution in [3.63, 3.8) is 0 Å². The highest BCUT2D eigenvalue weighted by Gasteiger charge is 2.26. The van der Waals surface area contributed by atoms with E-state index in [1.165, 1.54) is 0 Å². The number of nitrogens with zero attached hydrogens (tertiary/aromatic N) is 5. The van der Waals surface area contributed by atoms with Crippen molar-refractivity contribution >= 4 is 5.91 Å². The summed E-state index contributed by atoms with van der Waals surface area (Å²) in [4.78, 5) is 18.3. The zero-order valence-corrected chi connectivity index (χ0v) is 10.9. The van der Waals surface area contributed by atoms with Crippen LogP contribution in [0.25, 0.3) is 0 Å². The van der Waals surface area contributed by atoms with Crippen LogP contribution in [0.15, 0.2) is 30.9 Å². The van der Waals surface area contributed by atoms with Crippen molar-refractivity contribution in [1.29, 1.82) is 0 Å². The molecule has 6 heteroatoms. The number of amides is 1. The number of aromatic nitrogens is 4. The van der Waals surface area contributed by atoms with Gasteiger partial charge in [-0.25, -0.2) is 4.98 Å². The number of carbonyl (C=O) groups excluding carboxylic acids is 1. The molecule has 100 valence electrons. The molecule has 0 atom stereocenters. The highest BCUT2D eigenvalue weighted by atomic mass is 16.2. The number of aryl methyl sites for hydroxylation is 1. The number of hydrogen-bond donors (Lipinski definition) is 0. The molecule has 6 nitrogen and oxygen atoms in total. The van der Waals surface area contributed by atoms with Crippen molar-refractivity contribution in [2.45, 2.75) is 18.9 Å². The van der Waals surface area contributed by atoms with Crippen LogP contribution in [0.1, 0.15) is 29.5 Å². The van der Waals surface area contributed by atoms with E-state index in [0.717, 1.165) is 25.9 Å². The minimum Gasteiger partial charge on any atom is -0.336 e. The summed E-state index contributed by atoms with van der Waals surface area (Å²) in [5.74, 6) is 0.531. The van der Waals surface area contributed by atoms with Crippen molar-refractivity contribution in [3.8, 4) is 0 Å². The molecule has 19 heavy (non-hydrogen) atoms. The van der Waals surface area contributed by atoms with Crippen LogP contribution in [-0.4, -0.2) is 43.2 Å². The maximum atomic E-state index is 12.3. The fourth-order valence-electron chi connectivity index (χ4n) is 2.54. The molecule has 1 aliphatic heterocycles. The Morgan fingerprint density at radius 3 is 2.63 bits per heavy atom. The average Bonchev–Trinajstić information content (AvgIpc) is 3.09. The second-order valence-corrected chi connectivity index (χ2v) is 4.87. The van der Waals surface area contributed by atoms with Crippen molar-refractivity contribution in [2.75, 3.05) is 13.1 Å². The van der Waals surface area contributed by atoms with E-state index in [1.54, 1.807) is 23.2 Å². The van der Waals surface area contributed by atoms with Gasteiger partial charge in [0.15, 0.2) is 5.82 Å². The van der Waals surface area contributed by atoms with E-state index in [2.05, 4.69) is 10.1 Å². The zero-order chi connectivity index (χ0) is 13.2. The Morgan fingerprint density at radius 2 is 2.05 bits per heavy atom. The molecule has 1 fully saturated rings. The summed E-state index contributed by atoms with van der Waals surface area (Å²) in [5.41, 5.74) is 0. The van der Waals surface area contributed by atoms with Crippen molar-refractivity contribution < 1.29 is 4.79 Å². The van der Waals surface area contributed by atoms with Gasteiger partial charge in [-0.3, -0.25) is 9.48 Å². The topological polar surface area (TPSA) is 56.0 Å². The van der Waals surface area contributed by atoms with E-state index < -0.39 is 0 Å². The molecule has 0 saturated carbocycles. The van der Waals surface area contributed by atoms with Gasteiger partial charge in [0.05, 0.1) is 6.04 Å². The Hall–Kier alpha value is -2.11. The highest BCUT2D eigenvalue weighted by Crippen LogP contribution is 2.22. The van der Waals surface area contributed by atoms with Gasteiger partial charge in [-0.05, 0) is 18.9 Å². The molecular formula is C13H17N5O. The summed E-state index contributed by atoms with van der Waals surface area (Å²) >= 11 is 0. The Kier molecular flexibility index (Phi) is 3.06. The van der Waals surface area contributed by atoms with E-state index in [4.69, 9.17) is 0 Å². The molecular weight excluding hydrogens is 242 g/mol. The van der Waals surface area contributed by atoms with Gasteiger partial charge < -0.3 is 9.47 Å². The number of hydrogen-bond acceptors (Lipinski definition) is 3. The summed E-state index contributed by atoms with van der Waals surface area (Å²) < 4.78 is 3.75. The summed E-state index contributed by atoms with van der Waals surface area (Å²) in [6, 6.07) is 2.34. The van der Waals surface area contributed by atoms with Crippen LogP contribution in [0.5, 0.6) is 0 Å². The largest absolute Gasteiger partial charge is 0.336 e. The van der Waals surface area contributed by atoms with E-state index in [0.29, 0.717) is 11.9 Å². The van der Waals surface area contributed by atoms with E-state index in [1.807, 2.05) is 28.9 Å². The summed E-state index contributed by atoms with van der Waals surface area (Å²) in [5, 5.41) is 4.27. The molecule has 0 radical (unpaired) electrons. The lowest BCUT2D eigenvalue weighted by molar-refractivity contribution is 0.0674. The van der Waals surface area contributed by atoms with Crippen LogP contribution in [0, 0.1) is 0 Å². The third-order valence-corrected chi connectivity index (χ3v) is 3.66. The Bertz CT molecular complexity index is 551. The first-order valence-electron chi connectivity index (χ1n) is 6.51. The van der Waals surface area contributed by atoms with Gasteiger partial charge in [-0.1, -0.05) is 0 Å². The molecule has 1 amide bonds. The van der Waals surface area contributed by atoms with E-state index >= 15 is 0 Å². The van der Waals surface area contributed by atoms with Gasteiger partial charge in [0.2, 0.25) is 0 Å². The smallest absolute Gasteiger partial charge is 0.289 e. The summed E-state index contributed by atoms with van der Waals surface area (Å²) in [7, 11) is 1.84. The SMILES string of the molecule is Cn1ccnc1C(=O)N1CCC(n2cccn2)CC1. The van der Waals surface area contributed by atoms with Crippen LogP contribution in [-0.2, 0) is 7.05 Å². The van der Waals surface area contributed by atoms with Crippen LogP contribution in [0.2, 0.25) is 0 Å². The van der Waals surface area contributed by atoms with Crippen LogP contribution >= 0.6 is 0 Å². The minimum atomic E-state index is 0.0198. The predicted octanol–water partition coefficient (Wildman–Crippen LogP) is 1.09. The Balaban J connectivity index is 1.64. The number of imidazole rings is 1. The summed E-state index contributed by atoms with van der Waals surface area (Å²) in [6.07, 6.45) is 9.12. The zero-order valence-electron chi connectivity index (χ0n) is 10.9. The van der Waals surface area contributed by atoms with Gasteiger partial charge >= 0.3 is 0 Å². The third kappa shape index (κ3) is 2.25. The van der Waals surface area contributed by atoms with Crippen LogP contribution in [0.3, 0.4) is 0 Å². The molecule has 0 bridgehead atoms. The second-order valence-electron chi connectivity index (χ2n) is 4.87. The highest BCUT2D eigenvalue weighted by molar-refractivity contribution is 5.90. The number of rotatable bonds is 2. The number of likely N-dealkylation sites (tertiary alicyclic amines) is 1. The summed E-state index contributed by atoms with van der Waals surface area (Å²) in [6.45, 7) is 1.52. The average molecular weight is 259 g/mol. The van der Waals surface area contributed by atoms with Crippen LogP contribution in [0.4, 0.5) is 0 Å². The fourth-order valence-corrected chi connectivity index (χ4v) is 2.54. The maximum Gasteiger partial charge on any atom is 0.289 e. The molecule has 0 unspecified atom stereocenters. The molecule has 1 saturated heterocycles. The second kappa shape index (κ2) is 4.87. The molecule has 3 rings (SSSR count). The predicted molar refractivity (Wildman–Crippen MR) is 69.6 cm³/mol. The van der Waals surface area contributed by atoms with Gasteiger partial charge in [0.1, 0.15) is 0 Å². The molecule has 0 aromatic carbocycles. The maximum absolute atomic E-state index is 12.3. The molecule has 0 aliphatic carbocycles. The van der Waals surface area contributed by atoms with Gasteiger partial charge in [0.25, 0.3) is 5.91 Å². The van der Waals surface area contributed by atoms with Crippen molar-refractivity contribution in [1.82, 2.24) is 24.2 Å². The minimum absolute atomic E-state index is 0.0198. The number of carbonyl (C=O) groups is 1.